The number of halogens is 3. The molecule has 1 aliphatic rings. The lowest BCUT2D eigenvalue weighted by atomic mass is 10.4. The molecule has 0 aromatic carbocycles. The highest BCUT2D eigenvalue weighted by Gasteiger charge is 2.33. The van der Waals surface area contributed by atoms with Crippen LogP contribution in [0.5, 0.6) is 0 Å². The van der Waals surface area contributed by atoms with E-state index in [1.807, 2.05) is 0 Å². The van der Waals surface area contributed by atoms with Gasteiger partial charge in [0.1, 0.15) is 12.4 Å². The van der Waals surface area contributed by atoms with Crippen molar-refractivity contribution in [3.05, 3.63) is 11.6 Å². The highest BCUT2D eigenvalue weighted by molar-refractivity contribution is 5.72. The van der Waals surface area contributed by atoms with Gasteiger partial charge in [0.05, 0.1) is 6.54 Å². The minimum atomic E-state index is -4.35. The number of rotatable bonds is 4. The van der Waals surface area contributed by atoms with Crippen LogP contribution in [-0.4, -0.2) is 26.8 Å². The lowest BCUT2D eigenvalue weighted by molar-refractivity contribution is -0.143. The minimum Gasteiger partial charge on any atom is -0.349 e. The molecule has 100 valence electrons. The van der Waals surface area contributed by atoms with Crippen molar-refractivity contribution in [1.29, 1.82) is 0 Å². The standard InChI is InChI=1S/C10H13F3N4O/c1-6(18)14-4-8-15-9(7-2-3-7)16-17(8)5-10(11,12)13/h7H,2-5H2,1H3,(H,14,18). The summed E-state index contributed by atoms with van der Waals surface area (Å²) < 4.78 is 37.9. The number of hydrogen-bond acceptors (Lipinski definition) is 3. The number of nitrogens with one attached hydrogen (secondary N) is 1. The average Bonchev–Trinajstić information content (AvgIpc) is 2.98. The summed E-state index contributed by atoms with van der Waals surface area (Å²) in [4.78, 5) is 14.8. The third-order valence-electron chi connectivity index (χ3n) is 2.53. The van der Waals surface area contributed by atoms with Crippen molar-refractivity contribution in [1.82, 2.24) is 20.1 Å². The summed E-state index contributed by atoms with van der Waals surface area (Å²) in [7, 11) is 0. The van der Waals surface area contributed by atoms with Crippen LogP contribution in [0.4, 0.5) is 13.2 Å². The van der Waals surface area contributed by atoms with Crippen LogP contribution in [0.3, 0.4) is 0 Å². The Bertz CT molecular complexity index is 450. The van der Waals surface area contributed by atoms with Crippen LogP contribution in [0, 0.1) is 0 Å². The van der Waals surface area contributed by atoms with Gasteiger partial charge in [-0.15, -0.1) is 0 Å². The number of aromatic nitrogens is 3. The van der Waals surface area contributed by atoms with Gasteiger partial charge in [-0.2, -0.15) is 18.3 Å². The largest absolute Gasteiger partial charge is 0.408 e. The molecule has 0 atom stereocenters. The number of amides is 1. The molecule has 0 radical (unpaired) electrons. The Hall–Kier alpha value is -1.60. The van der Waals surface area contributed by atoms with Gasteiger partial charge >= 0.3 is 6.18 Å². The van der Waals surface area contributed by atoms with Gasteiger partial charge in [-0.25, -0.2) is 9.67 Å². The van der Waals surface area contributed by atoms with E-state index in [1.54, 1.807) is 0 Å². The number of alkyl halides is 3. The van der Waals surface area contributed by atoms with Gasteiger partial charge < -0.3 is 5.32 Å². The van der Waals surface area contributed by atoms with Crippen LogP contribution < -0.4 is 5.32 Å². The van der Waals surface area contributed by atoms with Crippen molar-refractivity contribution in [2.24, 2.45) is 0 Å². The van der Waals surface area contributed by atoms with E-state index in [4.69, 9.17) is 0 Å². The molecule has 0 unspecified atom stereocenters. The first-order valence-corrected chi connectivity index (χ1v) is 5.60. The molecule has 0 saturated heterocycles. The van der Waals surface area contributed by atoms with Crippen molar-refractivity contribution < 1.29 is 18.0 Å². The molecule has 1 aliphatic carbocycles. The predicted molar refractivity (Wildman–Crippen MR) is 55.6 cm³/mol. The highest BCUT2D eigenvalue weighted by Crippen LogP contribution is 2.38. The molecule has 1 saturated carbocycles. The quantitative estimate of drug-likeness (QED) is 0.891. The first-order valence-electron chi connectivity index (χ1n) is 5.60. The van der Waals surface area contributed by atoms with E-state index in [-0.39, 0.29) is 24.2 Å². The van der Waals surface area contributed by atoms with E-state index in [0.717, 1.165) is 17.5 Å². The maximum absolute atomic E-state index is 12.4. The topological polar surface area (TPSA) is 59.8 Å². The molecular formula is C10H13F3N4O. The Labute approximate surface area is 101 Å². The molecule has 2 rings (SSSR count). The van der Waals surface area contributed by atoms with Crippen molar-refractivity contribution in [2.75, 3.05) is 0 Å². The second-order valence-corrected chi connectivity index (χ2v) is 4.34. The van der Waals surface area contributed by atoms with Crippen LogP contribution in [0.25, 0.3) is 0 Å². The molecule has 0 spiro atoms. The van der Waals surface area contributed by atoms with E-state index >= 15 is 0 Å². The fraction of sp³-hybridized carbons (Fsp3) is 0.700. The monoisotopic (exact) mass is 262 g/mol. The Balaban J connectivity index is 2.15. The van der Waals surface area contributed by atoms with E-state index in [9.17, 15) is 18.0 Å². The van der Waals surface area contributed by atoms with Crippen molar-refractivity contribution in [3.63, 3.8) is 0 Å². The molecular weight excluding hydrogens is 249 g/mol. The van der Waals surface area contributed by atoms with Crippen LogP contribution in [-0.2, 0) is 17.9 Å². The van der Waals surface area contributed by atoms with Crippen molar-refractivity contribution in [2.45, 2.75) is 44.9 Å². The number of hydrogen-bond donors (Lipinski definition) is 1. The summed E-state index contributed by atoms with van der Waals surface area (Å²) >= 11 is 0. The molecule has 8 heteroatoms. The van der Waals surface area contributed by atoms with Gasteiger partial charge in [0.15, 0.2) is 5.82 Å². The fourth-order valence-corrected chi connectivity index (χ4v) is 1.54. The minimum absolute atomic E-state index is 0.0366. The molecule has 1 N–H and O–H groups in total. The summed E-state index contributed by atoms with van der Waals surface area (Å²) in [5.41, 5.74) is 0. The second kappa shape index (κ2) is 4.58. The molecule has 0 aliphatic heterocycles. The Morgan fingerprint density at radius 1 is 1.50 bits per heavy atom. The number of carbonyl (C=O) groups is 1. The second-order valence-electron chi connectivity index (χ2n) is 4.34. The third kappa shape index (κ3) is 3.44. The van der Waals surface area contributed by atoms with Crippen LogP contribution in [0.1, 0.15) is 37.3 Å². The lowest BCUT2D eigenvalue weighted by Gasteiger charge is -2.08. The molecule has 1 amide bonds. The lowest BCUT2D eigenvalue weighted by Crippen LogP contribution is -2.25. The Kier molecular flexibility index (Phi) is 3.27. The number of carbonyl (C=O) groups excluding carboxylic acids is 1. The van der Waals surface area contributed by atoms with Crippen molar-refractivity contribution >= 4 is 5.91 Å². The highest BCUT2D eigenvalue weighted by atomic mass is 19.4. The van der Waals surface area contributed by atoms with E-state index in [0.29, 0.717) is 5.82 Å². The summed E-state index contributed by atoms with van der Waals surface area (Å²) in [5.74, 6) is 0.448. The molecule has 1 heterocycles. The average molecular weight is 262 g/mol. The molecule has 18 heavy (non-hydrogen) atoms. The molecule has 0 bridgehead atoms. The fourth-order valence-electron chi connectivity index (χ4n) is 1.54. The maximum Gasteiger partial charge on any atom is 0.408 e. The van der Waals surface area contributed by atoms with Gasteiger partial charge in [0.25, 0.3) is 0 Å². The predicted octanol–water partition coefficient (Wildman–Crippen LogP) is 1.35. The summed E-state index contributed by atoms with van der Waals surface area (Å²) in [6.07, 6.45) is -2.52. The van der Waals surface area contributed by atoms with Gasteiger partial charge in [0.2, 0.25) is 5.91 Å². The van der Waals surface area contributed by atoms with Crippen LogP contribution >= 0.6 is 0 Å². The third-order valence-corrected chi connectivity index (χ3v) is 2.53. The zero-order valence-corrected chi connectivity index (χ0v) is 9.79. The van der Waals surface area contributed by atoms with Gasteiger partial charge in [-0.05, 0) is 12.8 Å². The van der Waals surface area contributed by atoms with Crippen molar-refractivity contribution in [3.8, 4) is 0 Å². The van der Waals surface area contributed by atoms with Gasteiger partial charge in [-0.3, -0.25) is 4.79 Å². The smallest absolute Gasteiger partial charge is 0.349 e. The van der Waals surface area contributed by atoms with Gasteiger partial charge in [0, 0.05) is 12.8 Å². The zero-order valence-electron chi connectivity index (χ0n) is 9.79. The summed E-state index contributed by atoms with van der Waals surface area (Å²) in [6.45, 7) is 0.0824. The van der Waals surface area contributed by atoms with Gasteiger partial charge in [-0.1, -0.05) is 0 Å². The van der Waals surface area contributed by atoms with E-state index in [2.05, 4.69) is 15.4 Å². The van der Waals surface area contributed by atoms with Crippen LogP contribution in [0.2, 0.25) is 0 Å². The first-order chi connectivity index (χ1) is 8.35. The SMILES string of the molecule is CC(=O)NCc1nc(C2CC2)nn1CC(F)(F)F. The normalized spacial score (nSPS) is 15.8. The molecule has 1 aromatic rings. The number of nitrogens with zero attached hydrogens (tertiary/aromatic N) is 3. The Morgan fingerprint density at radius 3 is 2.67 bits per heavy atom. The zero-order chi connectivity index (χ0) is 13.3. The van der Waals surface area contributed by atoms with Crippen LogP contribution in [0.15, 0.2) is 0 Å². The van der Waals surface area contributed by atoms with E-state index in [1.165, 1.54) is 6.92 Å². The summed E-state index contributed by atoms with van der Waals surface area (Å²) in [5, 5.41) is 6.30. The molecule has 5 nitrogen and oxygen atoms in total. The Morgan fingerprint density at radius 2 is 2.17 bits per heavy atom. The maximum atomic E-state index is 12.4. The first kappa shape index (κ1) is 12.8. The molecule has 1 fully saturated rings. The molecule has 1 aromatic heterocycles. The summed E-state index contributed by atoms with van der Waals surface area (Å²) in [6, 6.07) is 0. The van der Waals surface area contributed by atoms with E-state index < -0.39 is 12.7 Å².